The number of rotatable bonds is 6. The predicted octanol–water partition coefficient (Wildman–Crippen LogP) is 1.73. The molecule has 1 saturated heterocycles. The first kappa shape index (κ1) is 13.1. The zero-order chi connectivity index (χ0) is 13.0. The number of carbonyl (C=O) groups is 1. The van der Waals surface area contributed by atoms with Gasteiger partial charge in [-0.05, 0) is 31.9 Å². The largest absolute Gasteiger partial charge is 0.481 e. The van der Waals surface area contributed by atoms with Gasteiger partial charge in [-0.15, -0.1) is 0 Å². The molecule has 0 bridgehead atoms. The second-order valence-electron chi connectivity index (χ2n) is 4.91. The third-order valence-electron chi connectivity index (χ3n) is 3.51. The molecule has 0 aromatic carbocycles. The van der Waals surface area contributed by atoms with Gasteiger partial charge in [0.15, 0.2) is 0 Å². The molecule has 0 aliphatic carbocycles. The number of nitrogens with zero attached hydrogens (tertiary/aromatic N) is 3. The van der Waals surface area contributed by atoms with Crippen molar-refractivity contribution < 1.29 is 9.90 Å². The molecule has 1 fully saturated rings. The molecule has 0 amide bonds. The second-order valence-corrected chi connectivity index (χ2v) is 4.91. The van der Waals surface area contributed by atoms with Gasteiger partial charge >= 0.3 is 5.97 Å². The Kier molecular flexibility index (Phi) is 4.36. The normalized spacial score (nSPS) is 20.4. The van der Waals surface area contributed by atoms with Crippen LogP contribution in [0.4, 0.5) is 0 Å². The Balaban J connectivity index is 1.99. The molecule has 1 aliphatic rings. The molecule has 0 saturated carbocycles. The van der Waals surface area contributed by atoms with E-state index in [4.69, 9.17) is 5.11 Å². The Morgan fingerprint density at radius 2 is 2.44 bits per heavy atom. The van der Waals surface area contributed by atoms with Crippen molar-refractivity contribution in [3.8, 4) is 0 Å². The first-order valence-corrected chi connectivity index (χ1v) is 6.67. The Morgan fingerprint density at radius 3 is 3.17 bits per heavy atom. The molecule has 5 heteroatoms. The minimum Gasteiger partial charge on any atom is -0.481 e. The summed E-state index contributed by atoms with van der Waals surface area (Å²) in [5.74, 6) is -0.700. The van der Waals surface area contributed by atoms with E-state index in [0.717, 1.165) is 38.9 Å². The minimum absolute atomic E-state index is 0.187. The van der Waals surface area contributed by atoms with Crippen molar-refractivity contribution in [1.82, 2.24) is 14.7 Å². The molecule has 1 N–H and O–H groups in total. The molecular formula is C13H21N3O2. The van der Waals surface area contributed by atoms with Gasteiger partial charge in [-0.1, -0.05) is 6.92 Å². The summed E-state index contributed by atoms with van der Waals surface area (Å²) in [6, 6.07) is 2.22. The predicted molar refractivity (Wildman–Crippen MR) is 68.2 cm³/mol. The third-order valence-corrected chi connectivity index (χ3v) is 3.51. The Morgan fingerprint density at radius 1 is 1.61 bits per heavy atom. The first-order valence-electron chi connectivity index (χ1n) is 6.67. The quantitative estimate of drug-likeness (QED) is 0.836. The molecule has 2 heterocycles. The lowest BCUT2D eigenvalue weighted by Gasteiger charge is -2.23. The lowest BCUT2D eigenvalue weighted by atomic mass is 10.1. The van der Waals surface area contributed by atoms with Crippen LogP contribution in [0, 0.1) is 0 Å². The van der Waals surface area contributed by atoms with Crippen LogP contribution >= 0.6 is 0 Å². The molecule has 0 spiro atoms. The zero-order valence-electron chi connectivity index (χ0n) is 10.9. The van der Waals surface area contributed by atoms with Crippen LogP contribution in [-0.4, -0.2) is 38.3 Å². The molecular weight excluding hydrogens is 230 g/mol. The van der Waals surface area contributed by atoms with Gasteiger partial charge in [-0.25, -0.2) is 0 Å². The summed E-state index contributed by atoms with van der Waals surface area (Å²) in [6.45, 7) is 4.88. The van der Waals surface area contributed by atoms with E-state index >= 15 is 0 Å². The molecule has 1 aliphatic heterocycles. The number of likely N-dealkylation sites (tertiary alicyclic amines) is 1. The summed E-state index contributed by atoms with van der Waals surface area (Å²) in [6.07, 6.45) is 5.23. The van der Waals surface area contributed by atoms with Crippen LogP contribution < -0.4 is 0 Å². The summed E-state index contributed by atoms with van der Waals surface area (Å²) in [5, 5.41) is 13.2. The van der Waals surface area contributed by atoms with Gasteiger partial charge in [0.25, 0.3) is 0 Å². The maximum Gasteiger partial charge on any atom is 0.304 e. The van der Waals surface area contributed by atoms with Gasteiger partial charge in [0.2, 0.25) is 0 Å². The van der Waals surface area contributed by atoms with Crippen molar-refractivity contribution >= 4 is 5.97 Å². The van der Waals surface area contributed by atoms with E-state index in [9.17, 15) is 4.79 Å². The van der Waals surface area contributed by atoms with E-state index in [1.54, 1.807) is 0 Å². The third kappa shape index (κ3) is 3.10. The monoisotopic (exact) mass is 251 g/mol. The van der Waals surface area contributed by atoms with Crippen LogP contribution in [0.15, 0.2) is 12.3 Å². The first-order chi connectivity index (χ1) is 8.70. The highest BCUT2D eigenvalue weighted by Gasteiger charge is 2.27. The lowest BCUT2D eigenvalue weighted by Crippen LogP contribution is -2.31. The average molecular weight is 251 g/mol. The average Bonchev–Trinajstić information content (AvgIpc) is 2.91. The smallest absolute Gasteiger partial charge is 0.304 e. The Hall–Kier alpha value is -1.36. The molecule has 1 aromatic rings. The van der Waals surface area contributed by atoms with Gasteiger partial charge < -0.3 is 5.11 Å². The number of hydrogen-bond acceptors (Lipinski definition) is 3. The van der Waals surface area contributed by atoms with Crippen molar-refractivity contribution in [3.05, 3.63) is 18.0 Å². The maximum absolute atomic E-state index is 10.8. The summed E-state index contributed by atoms with van der Waals surface area (Å²) in [7, 11) is 0. The highest BCUT2D eigenvalue weighted by Crippen LogP contribution is 2.22. The molecule has 1 aromatic heterocycles. The SMILES string of the molecule is CCCn1nccc1CN1CCCC1CC(=O)O. The van der Waals surface area contributed by atoms with Gasteiger partial charge in [0.1, 0.15) is 0 Å². The summed E-state index contributed by atoms with van der Waals surface area (Å²) in [4.78, 5) is 13.1. The minimum atomic E-state index is -0.700. The van der Waals surface area contributed by atoms with Gasteiger partial charge in [0, 0.05) is 25.3 Å². The molecule has 2 rings (SSSR count). The van der Waals surface area contributed by atoms with E-state index in [1.165, 1.54) is 5.69 Å². The fourth-order valence-corrected chi connectivity index (χ4v) is 2.65. The summed E-state index contributed by atoms with van der Waals surface area (Å²) >= 11 is 0. The van der Waals surface area contributed by atoms with E-state index in [0.29, 0.717) is 0 Å². The van der Waals surface area contributed by atoms with Gasteiger partial charge in [0.05, 0.1) is 12.1 Å². The number of carboxylic acids is 1. The maximum atomic E-state index is 10.8. The number of aryl methyl sites for hydroxylation is 1. The van der Waals surface area contributed by atoms with Gasteiger partial charge in [-0.3, -0.25) is 14.4 Å². The zero-order valence-corrected chi connectivity index (χ0v) is 10.9. The molecule has 18 heavy (non-hydrogen) atoms. The summed E-state index contributed by atoms with van der Waals surface area (Å²) in [5.41, 5.74) is 1.19. The number of carboxylic acid groups (broad SMARTS) is 1. The van der Waals surface area contributed by atoms with Crippen molar-refractivity contribution in [2.24, 2.45) is 0 Å². The van der Waals surface area contributed by atoms with E-state index < -0.39 is 5.97 Å². The van der Waals surface area contributed by atoms with Gasteiger partial charge in [-0.2, -0.15) is 5.10 Å². The fraction of sp³-hybridized carbons (Fsp3) is 0.692. The van der Waals surface area contributed by atoms with Crippen molar-refractivity contribution in [3.63, 3.8) is 0 Å². The van der Waals surface area contributed by atoms with Crippen molar-refractivity contribution in [2.45, 2.75) is 51.7 Å². The van der Waals surface area contributed by atoms with Crippen LogP contribution in [-0.2, 0) is 17.9 Å². The van der Waals surface area contributed by atoms with Crippen LogP contribution in [0.3, 0.4) is 0 Å². The number of aliphatic carboxylic acids is 1. The molecule has 100 valence electrons. The molecule has 5 nitrogen and oxygen atoms in total. The fourth-order valence-electron chi connectivity index (χ4n) is 2.65. The number of hydrogen-bond donors (Lipinski definition) is 1. The Bertz CT molecular complexity index is 403. The van der Waals surface area contributed by atoms with E-state index in [-0.39, 0.29) is 12.5 Å². The van der Waals surface area contributed by atoms with Crippen molar-refractivity contribution in [1.29, 1.82) is 0 Å². The molecule has 1 atom stereocenters. The van der Waals surface area contributed by atoms with Crippen LogP contribution in [0.1, 0.15) is 38.3 Å². The highest BCUT2D eigenvalue weighted by molar-refractivity contribution is 5.67. The van der Waals surface area contributed by atoms with Crippen LogP contribution in [0.2, 0.25) is 0 Å². The molecule has 0 radical (unpaired) electrons. The second kappa shape index (κ2) is 6.00. The standard InChI is InChI=1S/C13H21N3O2/c1-2-7-16-12(5-6-14-16)10-15-8-3-4-11(15)9-13(17)18/h5-6,11H,2-4,7-10H2,1H3,(H,17,18). The highest BCUT2D eigenvalue weighted by atomic mass is 16.4. The van der Waals surface area contributed by atoms with Crippen LogP contribution in [0.5, 0.6) is 0 Å². The summed E-state index contributed by atoms with van der Waals surface area (Å²) < 4.78 is 2.02. The topological polar surface area (TPSA) is 58.4 Å². The van der Waals surface area contributed by atoms with Crippen molar-refractivity contribution in [2.75, 3.05) is 6.54 Å². The van der Waals surface area contributed by atoms with Crippen LogP contribution in [0.25, 0.3) is 0 Å². The van der Waals surface area contributed by atoms with E-state index in [2.05, 4.69) is 16.9 Å². The number of aromatic nitrogens is 2. The lowest BCUT2D eigenvalue weighted by molar-refractivity contribution is -0.138. The molecule has 1 unspecified atom stereocenters. The van der Waals surface area contributed by atoms with E-state index in [1.807, 2.05) is 16.9 Å². The Labute approximate surface area is 107 Å².